The Hall–Kier alpha value is -1.41. The molecular formula is C27H43ClFN3O3. The minimum absolute atomic E-state index is 0.00467. The second-order valence-corrected chi connectivity index (χ2v) is 10.8. The van der Waals surface area contributed by atoms with Gasteiger partial charge in [0, 0.05) is 50.9 Å². The number of nitrogens with zero attached hydrogens (tertiary/aromatic N) is 1. The van der Waals surface area contributed by atoms with E-state index < -0.39 is 11.4 Å². The van der Waals surface area contributed by atoms with Crippen LogP contribution in [0.2, 0.25) is 5.02 Å². The number of urea groups is 1. The summed E-state index contributed by atoms with van der Waals surface area (Å²) in [5, 5.41) is 18.4. The Morgan fingerprint density at radius 2 is 2.06 bits per heavy atom. The number of halogens is 2. The van der Waals surface area contributed by atoms with Gasteiger partial charge in [-0.1, -0.05) is 49.4 Å². The molecule has 3 N–H and O–H groups in total. The first-order valence-corrected chi connectivity index (χ1v) is 13.6. The largest absolute Gasteiger partial charge is 0.385 e. The molecule has 1 aromatic rings. The zero-order chi connectivity index (χ0) is 25.3. The van der Waals surface area contributed by atoms with E-state index in [1.54, 1.807) is 24.1 Å². The molecule has 0 spiro atoms. The number of likely N-dealkylation sites (N-methyl/N-ethyl adjacent to an activating group) is 1. The maximum atomic E-state index is 15.1. The van der Waals surface area contributed by atoms with Gasteiger partial charge >= 0.3 is 6.03 Å². The van der Waals surface area contributed by atoms with E-state index in [0.717, 1.165) is 32.2 Å². The third kappa shape index (κ3) is 7.54. The maximum absolute atomic E-state index is 15.1. The number of piperidine rings is 1. The average molecular weight is 512 g/mol. The van der Waals surface area contributed by atoms with Crippen molar-refractivity contribution < 1.29 is 19.0 Å². The number of hydrogen-bond acceptors (Lipinski definition) is 4. The zero-order valence-corrected chi connectivity index (χ0v) is 22.1. The predicted octanol–water partition coefficient (Wildman–Crippen LogP) is 5.07. The van der Waals surface area contributed by atoms with Crippen molar-refractivity contribution in [2.24, 2.45) is 11.8 Å². The van der Waals surface area contributed by atoms with Crippen molar-refractivity contribution in [3.05, 3.63) is 34.6 Å². The van der Waals surface area contributed by atoms with Gasteiger partial charge in [-0.15, -0.1) is 0 Å². The molecular weight excluding hydrogens is 469 g/mol. The van der Waals surface area contributed by atoms with Crippen LogP contribution in [0.25, 0.3) is 0 Å². The summed E-state index contributed by atoms with van der Waals surface area (Å²) in [6.45, 7) is 2.34. The number of carbonyl (C=O) groups excluding carboxylic acids is 1. The van der Waals surface area contributed by atoms with Gasteiger partial charge in [0.15, 0.2) is 0 Å². The fourth-order valence-electron chi connectivity index (χ4n) is 5.94. The van der Waals surface area contributed by atoms with E-state index in [1.165, 1.54) is 31.7 Å². The number of carbonyl (C=O) groups is 1. The van der Waals surface area contributed by atoms with E-state index in [4.69, 9.17) is 16.3 Å². The van der Waals surface area contributed by atoms with Gasteiger partial charge in [0.1, 0.15) is 5.82 Å². The molecule has 35 heavy (non-hydrogen) atoms. The predicted molar refractivity (Wildman–Crippen MR) is 138 cm³/mol. The van der Waals surface area contributed by atoms with Crippen LogP contribution < -0.4 is 10.6 Å². The number of unbranched alkanes of at least 4 members (excludes halogenated alkanes) is 1. The van der Waals surface area contributed by atoms with E-state index in [1.807, 2.05) is 7.05 Å². The third-order valence-electron chi connectivity index (χ3n) is 7.83. The summed E-state index contributed by atoms with van der Waals surface area (Å²) in [6.07, 6.45) is 9.35. The second kappa shape index (κ2) is 13.8. The topological polar surface area (TPSA) is 73.8 Å². The number of nitrogens with one attached hydrogen (secondary N) is 2. The van der Waals surface area contributed by atoms with Crippen LogP contribution in [0.3, 0.4) is 0 Å². The molecule has 0 bridgehead atoms. The molecule has 3 atom stereocenters. The first-order valence-electron chi connectivity index (χ1n) is 13.2. The normalized spacial score (nSPS) is 21.6. The van der Waals surface area contributed by atoms with Crippen LogP contribution in [0, 0.1) is 17.7 Å². The smallest absolute Gasteiger partial charge is 0.317 e. The molecule has 1 heterocycles. The highest BCUT2D eigenvalue weighted by Gasteiger charge is 2.43. The maximum Gasteiger partial charge on any atom is 0.317 e. The lowest BCUT2D eigenvalue weighted by atomic mass is 9.74. The van der Waals surface area contributed by atoms with Crippen LogP contribution >= 0.6 is 11.6 Å². The van der Waals surface area contributed by atoms with Crippen LogP contribution in [0.1, 0.15) is 69.8 Å². The summed E-state index contributed by atoms with van der Waals surface area (Å²) < 4.78 is 20.3. The van der Waals surface area contributed by atoms with Crippen molar-refractivity contribution in [2.45, 2.75) is 75.9 Å². The Morgan fingerprint density at radius 1 is 1.29 bits per heavy atom. The molecule has 0 aromatic heterocycles. The Labute approximate surface area is 214 Å². The van der Waals surface area contributed by atoms with Crippen molar-refractivity contribution in [3.8, 4) is 0 Å². The van der Waals surface area contributed by atoms with Gasteiger partial charge in [-0.2, -0.15) is 0 Å². The first kappa shape index (κ1) is 28.2. The molecule has 2 fully saturated rings. The SMILES string of the molecule is CNC[C@H](CC1CCCC1)NC(=O)N1CCC[C@@H]([C@@](O)(CCCCOC)c2cccc(Cl)c2F)C1. The molecule has 1 saturated heterocycles. The van der Waals surface area contributed by atoms with Crippen molar-refractivity contribution >= 4 is 17.6 Å². The fourth-order valence-corrected chi connectivity index (χ4v) is 6.12. The fraction of sp³-hybridized carbons (Fsp3) is 0.741. The number of amides is 2. The molecule has 0 unspecified atom stereocenters. The average Bonchev–Trinajstić information content (AvgIpc) is 3.36. The Balaban J connectivity index is 1.73. The minimum Gasteiger partial charge on any atom is -0.385 e. The number of aliphatic hydroxyl groups is 1. The molecule has 2 amide bonds. The van der Waals surface area contributed by atoms with Gasteiger partial charge < -0.3 is 25.4 Å². The highest BCUT2D eigenvalue weighted by molar-refractivity contribution is 6.30. The standard InChI is InChI=1S/C27H43ClFN3O3/c1-30-18-22(17-20-9-3-4-10-20)31-26(33)32-15-8-11-21(19-32)27(34,14-5-6-16-35-2)23-12-7-13-24(28)25(23)29/h7,12-13,20-22,30,34H,3-6,8-11,14-19H2,1-2H3,(H,31,33)/t21-,22+,27+/m1/s1. The van der Waals surface area contributed by atoms with Crippen molar-refractivity contribution in [1.29, 1.82) is 0 Å². The number of methoxy groups -OCH3 is 1. The van der Waals surface area contributed by atoms with Crippen LogP contribution in [0.5, 0.6) is 0 Å². The molecule has 198 valence electrons. The van der Waals surface area contributed by atoms with Crippen LogP contribution in [-0.2, 0) is 10.3 Å². The first-order chi connectivity index (χ1) is 16.9. The monoisotopic (exact) mass is 511 g/mol. The Bertz CT molecular complexity index is 808. The Morgan fingerprint density at radius 3 is 2.77 bits per heavy atom. The quantitative estimate of drug-likeness (QED) is 0.342. The lowest BCUT2D eigenvalue weighted by Gasteiger charge is -2.43. The minimum atomic E-state index is -1.41. The number of likely N-dealkylation sites (tertiary alicyclic amines) is 1. The van der Waals surface area contributed by atoms with Crippen molar-refractivity contribution in [2.75, 3.05) is 40.4 Å². The van der Waals surface area contributed by atoms with Gasteiger partial charge in [-0.3, -0.25) is 0 Å². The van der Waals surface area contributed by atoms with Gasteiger partial charge in [-0.25, -0.2) is 9.18 Å². The van der Waals surface area contributed by atoms with Gasteiger partial charge in [0.2, 0.25) is 0 Å². The summed E-state index contributed by atoms with van der Waals surface area (Å²) in [7, 11) is 3.56. The molecule has 0 radical (unpaired) electrons. The highest BCUT2D eigenvalue weighted by Crippen LogP contribution is 2.42. The number of rotatable bonds is 12. The molecule has 1 aromatic carbocycles. The number of hydrogen-bond donors (Lipinski definition) is 3. The molecule has 2 aliphatic rings. The van der Waals surface area contributed by atoms with Crippen LogP contribution in [0.4, 0.5) is 9.18 Å². The lowest BCUT2D eigenvalue weighted by molar-refractivity contribution is -0.0587. The van der Waals surface area contributed by atoms with Gasteiger partial charge in [0.05, 0.1) is 10.6 Å². The highest BCUT2D eigenvalue weighted by atomic mass is 35.5. The molecule has 1 aliphatic heterocycles. The van der Waals surface area contributed by atoms with E-state index in [9.17, 15) is 9.90 Å². The van der Waals surface area contributed by atoms with Gasteiger partial charge in [-0.05, 0) is 57.6 Å². The van der Waals surface area contributed by atoms with E-state index in [0.29, 0.717) is 38.5 Å². The summed E-state index contributed by atoms with van der Waals surface area (Å²) in [4.78, 5) is 15.1. The van der Waals surface area contributed by atoms with Gasteiger partial charge in [0.25, 0.3) is 0 Å². The Kier molecular flexibility index (Phi) is 11.1. The molecule has 6 nitrogen and oxygen atoms in total. The van der Waals surface area contributed by atoms with Crippen LogP contribution in [0.15, 0.2) is 18.2 Å². The molecule has 1 aliphatic carbocycles. The summed E-state index contributed by atoms with van der Waals surface area (Å²) >= 11 is 6.09. The molecule has 1 saturated carbocycles. The molecule has 8 heteroatoms. The number of benzene rings is 1. The zero-order valence-electron chi connectivity index (χ0n) is 21.3. The summed E-state index contributed by atoms with van der Waals surface area (Å²) in [5.74, 6) is -0.184. The lowest BCUT2D eigenvalue weighted by Crippen LogP contribution is -2.54. The number of ether oxygens (including phenoxy) is 1. The van der Waals surface area contributed by atoms with E-state index in [2.05, 4.69) is 10.6 Å². The summed E-state index contributed by atoms with van der Waals surface area (Å²) in [5.41, 5.74) is -1.18. The molecule has 3 rings (SSSR count). The van der Waals surface area contributed by atoms with E-state index >= 15 is 4.39 Å². The van der Waals surface area contributed by atoms with Crippen molar-refractivity contribution in [1.82, 2.24) is 15.5 Å². The summed E-state index contributed by atoms with van der Waals surface area (Å²) in [6, 6.07) is 4.79. The second-order valence-electron chi connectivity index (χ2n) is 10.4. The van der Waals surface area contributed by atoms with Crippen molar-refractivity contribution in [3.63, 3.8) is 0 Å². The van der Waals surface area contributed by atoms with E-state index in [-0.39, 0.29) is 28.6 Å². The third-order valence-corrected chi connectivity index (χ3v) is 8.12. The van der Waals surface area contributed by atoms with Crippen LogP contribution in [-0.4, -0.2) is 62.5 Å².